The first kappa shape index (κ1) is 13.6. The van der Waals surface area contributed by atoms with Gasteiger partial charge < -0.3 is 9.84 Å². The minimum atomic E-state index is -0.446. The highest BCUT2D eigenvalue weighted by Gasteiger charge is 2.12. The van der Waals surface area contributed by atoms with Gasteiger partial charge in [0.05, 0.1) is 19.3 Å². The molecule has 2 rings (SSSR count). The fraction of sp³-hybridized carbons (Fsp3) is 0.429. The molecule has 1 aliphatic rings. The number of hydrogen-bond acceptors (Lipinski definition) is 3. The van der Waals surface area contributed by atoms with Crippen molar-refractivity contribution < 1.29 is 9.84 Å². The topological polar surface area (TPSA) is 32.7 Å². The molecule has 0 aromatic heterocycles. The third-order valence-electron chi connectivity index (χ3n) is 2.93. The van der Waals surface area contributed by atoms with Crippen molar-refractivity contribution in [1.82, 2.24) is 4.90 Å². The fourth-order valence-corrected chi connectivity index (χ4v) is 2.03. The zero-order chi connectivity index (χ0) is 12.8. The number of hydrogen-bond donors (Lipinski definition) is 1. The third kappa shape index (κ3) is 4.42. The maximum atomic E-state index is 9.92. The smallest absolute Gasteiger partial charge is 0.0851 e. The standard InChI is InChI=1S/C14H18ClNO2/c15-13-4-1-12(2-5-13)3-6-14(17)11-16-7-9-18-10-8-16/h1-6,14,17H,7-11H2/b6-3+. The molecular formula is C14H18ClNO2. The Balaban J connectivity index is 1.82. The maximum absolute atomic E-state index is 9.92. The normalized spacial score (nSPS) is 19.2. The Bertz CT molecular complexity index is 385. The monoisotopic (exact) mass is 267 g/mol. The number of β-amino-alcohol motifs (C(OH)–C–C–N with tert-alkyl or cyclic N) is 1. The van der Waals surface area contributed by atoms with Gasteiger partial charge >= 0.3 is 0 Å². The molecule has 1 atom stereocenters. The van der Waals surface area contributed by atoms with E-state index in [1.807, 2.05) is 36.4 Å². The highest BCUT2D eigenvalue weighted by Crippen LogP contribution is 2.11. The summed E-state index contributed by atoms with van der Waals surface area (Å²) in [4.78, 5) is 2.21. The number of aliphatic hydroxyl groups is 1. The quantitative estimate of drug-likeness (QED) is 0.906. The van der Waals surface area contributed by atoms with Crippen LogP contribution in [0.1, 0.15) is 5.56 Å². The van der Waals surface area contributed by atoms with Crippen LogP contribution < -0.4 is 0 Å². The van der Waals surface area contributed by atoms with Gasteiger partial charge in [-0.1, -0.05) is 35.9 Å². The molecule has 1 unspecified atom stereocenters. The minimum absolute atomic E-state index is 0.446. The number of halogens is 1. The van der Waals surface area contributed by atoms with Crippen LogP contribution in [-0.2, 0) is 4.74 Å². The Morgan fingerprint density at radius 1 is 1.28 bits per heavy atom. The van der Waals surface area contributed by atoms with Crippen molar-refractivity contribution in [3.8, 4) is 0 Å². The van der Waals surface area contributed by atoms with Crippen molar-refractivity contribution in [3.05, 3.63) is 40.9 Å². The van der Waals surface area contributed by atoms with Crippen LogP contribution >= 0.6 is 11.6 Å². The Morgan fingerprint density at radius 3 is 2.61 bits per heavy atom. The number of ether oxygens (including phenoxy) is 1. The van der Waals surface area contributed by atoms with Crippen molar-refractivity contribution in [3.63, 3.8) is 0 Å². The molecule has 1 fully saturated rings. The van der Waals surface area contributed by atoms with Crippen LogP contribution in [0.5, 0.6) is 0 Å². The molecule has 0 bridgehead atoms. The Kier molecular flexibility index (Phi) is 5.20. The molecule has 1 saturated heterocycles. The largest absolute Gasteiger partial charge is 0.388 e. The van der Waals surface area contributed by atoms with Crippen LogP contribution in [0.3, 0.4) is 0 Å². The van der Waals surface area contributed by atoms with Gasteiger partial charge in [-0.3, -0.25) is 4.90 Å². The first-order chi connectivity index (χ1) is 8.74. The third-order valence-corrected chi connectivity index (χ3v) is 3.18. The molecule has 1 aromatic rings. The van der Waals surface area contributed by atoms with E-state index in [0.717, 1.165) is 36.9 Å². The van der Waals surface area contributed by atoms with E-state index in [4.69, 9.17) is 16.3 Å². The van der Waals surface area contributed by atoms with Gasteiger partial charge in [0, 0.05) is 24.7 Å². The second kappa shape index (κ2) is 6.90. The van der Waals surface area contributed by atoms with E-state index in [1.54, 1.807) is 0 Å². The van der Waals surface area contributed by atoms with Crippen LogP contribution in [0, 0.1) is 0 Å². The molecule has 0 amide bonds. The lowest BCUT2D eigenvalue weighted by molar-refractivity contribution is 0.0223. The first-order valence-corrected chi connectivity index (χ1v) is 6.54. The molecule has 0 aliphatic carbocycles. The van der Waals surface area contributed by atoms with Gasteiger partial charge in [0.1, 0.15) is 0 Å². The summed E-state index contributed by atoms with van der Waals surface area (Å²) in [6.07, 6.45) is 3.29. The summed E-state index contributed by atoms with van der Waals surface area (Å²) in [5, 5.41) is 10.6. The van der Waals surface area contributed by atoms with E-state index in [9.17, 15) is 5.11 Å². The minimum Gasteiger partial charge on any atom is -0.388 e. The molecule has 0 radical (unpaired) electrons. The molecule has 4 heteroatoms. The van der Waals surface area contributed by atoms with Crippen LogP contribution in [-0.4, -0.2) is 49.0 Å². The summed E-state index contributed by atoms with van der Waals surface area (Å²) in [7, 11) is 0. The molecular weight excluding hydrogens is 250 g/mol. The molecule has 1 aromatic carbocycles. The Labute approximate surface area is 113 Å². The number of nitrogens with zero attached hydrogens (tertiary/aromatic N) is 1. The van der Waals surface area contributed by atoms with Crippen LogP contribution in [0.15, 0.2) is 30.3 Å². The van der Waals surface area contributed by atoms with Gasteiger partial charge in [-0.2, -0.15) is 0 Å². The van der Waals surface area contributed by atoms with E-state index in [0.29, 0.717) is 6.54 Å². The Morgan fingerprint density at radius 2 is 1.94 bits per heavy atom. The lowest BCUT2D eigenvalue weighted by Gasteiger charge is -2.27. The SMILES string of the molecule is OC(/C=C/c1ccc(Cl)cc1)CN1CCOCC1. The van der Waals surface area contributed by atoms with E-state index < -0.39 is 6.10 Å². The number of morpholine rings is 1. The highest BCUT2D eigenvalue weighted by molar-refractivity contribution is 6.30. The Hall–Kier alpha value is -0.870. The van der Waals surface area contributed by atoms with Crippen molar-refractivity contribution in [1.29, 1.82) is 0 Å². The van der Waals surface area contributed by atoms with Crippen LogP contribution in [0.25, 0.3) is 6.08 Å². The van der Waals surface area contributed by atoms with Crippen molar-refractivity contribution in [2.24, 2.45) is 0 Å². The van der Waals surface area contributed by atoms with Crippen LogP contribution in [0.4, 0.5) is 0 Å². The highest BCUT2D eigenvalue weighted by atomic mass is 35.5. The molecule has 3 nitrogen and oxygen atoms in total. The second-order valence-electron chi connectivity index (χ2n) is 4.39. The molecule has 1 N–H and O–H groups in total. The molecule has 98 valence electrons. The average molecular weight is 268 g/mol. The summed E-state index contributed by atoms with van der Waals surface area (Å²) >= 11 is 5.81. The second-order valence-corrected chi connectivity index (χ2v) is 4.83. The number of aliphatic hydroxyl groups excluding tert-OH is 1. The number of rotatable bonds is 4. The first-order valence-electron chi connectivity index (χ1n) is 6.16. The molecule has 18 heavy (non-hydrogen) atoms. The number of benzene rings is 1. The molecule has 1 aliphatic heterocycles. The zero-order valence-corrected chi connectivity index (χ0v) is 11.0. The van der Waals surface area contributed by atoms with Crippen molar-refractivity contribution in [2.45, 2.75) is 6.10 Å². The molecule has 0 saturated carbocycles. The predicted octanol–water partition coefficient (Wildman–Crippen LogP) is 2.05. The van der Waals surface area contributed by atoms with Gasteiger partial charge in [-0.25, -0.2) is 0 Å². The van der Waals surface area contributed by atoms with Crippen LogP contribution in [0.2, 0.25) is 5.02 Å². The van der Waals surface area contributed by atoms with Gasteiger partial charge in [0.15, 0.2) is 0 Å². The summed E-state index contributed by atoms with van der Waals surface area (Å²) in [5.74, 6) is 0. The molecule has 0 spiro atoms. The van der Waals surface area contributed by atoms with E-state index in [2.05, 4.69) is 4.90 Å². The van der Waals surface area contributed by atoms with E-state index in [-0.39, 0.29) is 0 Å². The summed E-state index contributed by atoms with van der Waals surface area (Å²) in [6, 6.07) is 7.55. The lowest BCUT2D eigenvalue weighted by Crippen LogP contribution is -2.40. The zero-order valence-electron chi connectivity index (χ0n) is 10.3. The summed E-state index contributed by atoms with van der Waals surface area (Å²) < 4.78 is 5.27. The summed E-state index contributed by atoms with van der Waals surface area (Å²) in [5.41, 5.74) is 1.04. The van der Waals surface area contributed by atoms with E-state index in [1.165, 1.54) is 0 Å². The summed E-state index contributed by atoms with van der Waals surface area (Å²) in [6.45, 7) is 3.96. The average Bonchev–Trinajstić information content (AvgIpc) is 2.39. The molecule has 1 heterocycles. The van der Waals surface area contributed by atoms with Gasteiger partial charge in [-0.15, -0.1) is 0 Å². The van der Waals surface area contributed by atoms with Gasteiger partial charge in [-0.05, 0) is 17.7 Å². The fourth-order valence-electron chi connectivity index (χ4n) is 1.91. The van der Waals surface area contributed by atoms with Gasteiger partial charge in [0.25, 0.3) is 0 Å². The lowest BCUT2D eigenvalue weighted by atomic mass is 10.2. The van der Waals surface area contributed by atoms with Crippen molar-refractivity contribution >= 4 is 17.7 Å². The van der Waals surface area contributed by atoms with E-state index >= 15 is 0 Å². The van der Waals surface area contributed by atoms with Gasteiger partial charge in [0.2, 0.25) is 0 Å². The van der Waals surface area contributed by atoms with Crippen molar-refractivity contribution in [2.75, 3.05) is 32.8 Å². The maximum Gasteiger partial charge on any atom is 0.0851 e. The predicted molar refractivity (Wildman–Crippen MR) is 73.8 cm³/mol.